The lowest BCUT2D eigenvalue weighted by atomic mass is 9.98. The maximum Gasteiger partial charge on any atom is 0.169 e. The molecule has 2 aromatic rings. The monoisotopic (exact) mass is 289 g/mol. The van der Waals surface area contributed by atoms with Crippen molar-refractivity contribution in [3.8, 4) is 0 Å². The number of rotatable bonds is 3. The van der Waals surface area contributed by atoms with Gasteiger partial charge in [0.05, 0.1) is 6.04 Å². The third-order valence-corrected chi connectivity index (χ3v) is 4.84. The number of nitrogens with zero attached hydrogens (tertiary/aromatic N) is 2. The predicted molar refractivity (Wildman–Crippen MR) is 79.8 cm³/mol. The van der Waals surface area contributed by atoms with Crippen LogP contribution in [0.1, 0.15) is 11.8 Å². The number of fused-ring (bicyclic) bond motifs is 4. The van der Waals surface area contributed by atoms with E-state index in [1.54, 1.807) is 6.07 Å². The van der Waals surface area contributed by atoms with Crippen molar-refractivity contribution in [3.05, 3.63) is 35.8 Å². The first-order valence-electron chi connectivity index (χ1n) is 7.58. The molecule has 0 saturated carbocycles. The second-order valence-corrected chi connectivity index (χ2v) is 5.98. The molecule has 3 fully saturated rings. The van der Waals surface area contributed by atoms with Crippen LogP contribution in [0.4, 0.5) is 4.39 Å². The summed E-state index contributed by atoms with van der Waals surface area (Å²) in [6.45, 7) is 5.57. The van der Waals surface area contributed by atoms with Crippen molar-refractivity contribution < 1.29 is 8.81 Å². The van der Waals surface area contributed by atoms with Crippen LogP contribution in [0.3, 0.4) is 0 Å². The number of nitrogens with one attached hydrogen (secondary N) is 1. The summed E-state index contributed by atoms with van der Waals surface area (Å²) in [6.07, 6.45) is 0. The van der Waals surface area contributed by atoms with Gasteiger partial charge >= 0.3 is 0 Å². The number of likely N-dealkylation sites (N-methyl/N-ethyl adjacent to an activating group) is 1. The molecular weight excluding hydrogens is 269 g/mol. The average molecular weight is 289 g/mol. The Kier molecular flexibility index (Phi) is 3.21. The van der Waals surface area contributed by atoms with Gasteiger partial charge in [-0.05, 0) is 19.2 Å². The van der Waals surface area contributed by atoms with Crippen molar-refractivity contribution in [2.45, 2.75) is 12.1 Å². The Balaban J connectivity index is 1.69. The van der Waals surface area contributed by atoms with Crippen LogP contribution in [0.2, 0.25) is 0 Å². The zero-order valence-corrected chi connectivity index (χ0v) is 12.2. The van der Waals surface area contributed by atoms with E-state index in [1.807, 2.05) is 19.2 Å². The minimum Gasteiger partial charge on any atom is -0.456 e. The molecule has 2 unspecified atom stereocenters. The summed E-state index contributed by atoms with van der Waals surface area (Å²) in [6, 6.07) is 7.53. The van der Waals surface area contributed by atoms with Gasteiger partial charge in [0, 0.05) is 44.2 Å². The number of piperazine rings is 3. The zero-order chi connectivity index (χ0) is 14.4. The van der Waals surface area contributed by atoms with E-state index in [1.165, 1.54) is 6.07 Å². The Morgan fingerprint density at radius 2 is 2.10 bits per heavy atom. The molecule has 4 nitrogen and oxygen atoms in total. The largest absolute Gasteiger partial charge is 0.456 e. The molecule has 0 radical (unpaired) electrons. The van der Waals surface area contributed by atoms with Crippen molar-refractivity contribution >= 4 is 11.0 Å². The van der Waals surface area contributed by atoms with Gasteiger partial charge in [-0.25, -0.2) is 4.39 Å². The minimum atomic E-state index is -0.289. The van der Waals surface area contributed by atoms with E-state index in [0.29, 0.717) is 11.6 Å². The van der Waals surface area contributed by atoms with Crippen LogP contribution in [-0.4, -0.2) is 55.6 Å². The average Bonchev–Trinajstić information content (AvgIpc) is 2.95. The molecule has 0 spiro atoms. The van der Waals surface area contributed by atoms with E-state index in [-0.39, 0.29) is 11.9 Å². The molecule has 1 aromatic carbocycles. The van der Waals surface area contributed by atoms with Gasteiger partial charge in [-0.1, -0.05) is 12.1 Å². The second-order valence-electron chi connectivity index (χ2n) is 5.98. The molecule has 5 heteroatoms. The standard InChI is InChI=1S/C16H20FN3O/c1-18-15(13-10-19-5-7-20(13)8-6-19)14-9-11-3-2-4-12(17)16(11)21-14/h2-4,9,13,15,18H,5-8,10H2,1H3. The van der Waals surface area contributed by atoms with Gasteiger partial charge in [-0.3, -0.25) is 9.80 Å². The first-order chi connectivity index (χ1) is 10.3. The van der Waals surface area contributed by atoms with Gasteiger partial charge < -0.3 is 9.73 Å². The van der Waals surface area contributed by atoms with Crippen LogP contribution in [0, 0.1) is 5.82 Å². The highest BCUT2D eigenvalue weighted by Crippen LogP contribution is 2.31. The van der Waals surface area contributed by atoms with E-state index < -0.39 is 0 Å². The highest BCUT2D eigenvalue weighted by molar-refractivity contribution is 5.78. The zero-order valence-electron chi connectivity index (χ0n) is 12.2. The van der Waals surface area contributed by atoms with Crippen LogP contribution < -0.4 is 5.32 Å². The molecular formula is C16H20FN3O. The molecule has 1 N–H and O–H groups in total. The number of halogens is 1. The first kappa shape index (κ1) is 13.2. The fourth-order valence-electron chi connectivity index (χ4n) is 3.70. The lowest BCUT2D eigenvalue weighted by Gasteiger charge is -2.49. The smallest absolute Gasteiger partial charge is 0.169 e. The van der Waals surface area contributed by atoms with Crippen molar-refractivity contribution in [1.29, 1.82) is 0 Å². The van der Waals surface area contributed by atoms with E-state index in [0.717, 1.165) is 43.9 Å². The molecule has 4 heterocycles. The van der Waals surface area contributed by atoms with Gasteiger partial charge in [0.25, 0.3) is 0 Å². The summed E-state index contributed by atoms with van der Waals surface area (Å²) < 4.78 is 19.7. The van der Waals surface area contributed by atoms with Crippen molar-refractivity contribution in [3.63, 3.8) is 0 Å². The van der Waals surface area contributed by atoms with E-state index in [9.17, 15) is 4.39 Å². The fraction of sp³-hybridized carbons (Fsp3) is 0.500. The molecule has 3 aliphatic heterocycles. The van der Waals surface area contributed by atoms with E-state index in [2.05, 4.69) is 15.1 Å². The van der Waals surface area contributed by atoms with Crippen LogP contribution in [0.15, 0.2) is 28.7 Å². The van der Waals surface area contributed by atoms with Crippen LogP contribution in [-0.2, 0) is 0 Å². The Morgan fingerprint density at radius 3 is 2.71 bits per heavy atom. The molecule has 3 aliphatic rings. The van der Waals surface area contributed by atoms with Crippen LogP contribution in [0.5, 0.6) is 0 Å². The number of hydrogen-bond donors (Lipinski definition) is 1. The molecule has 0 aliphatic carbocycles. The Hall–Kier alpha value is -1.43. The summed E-state index contributed by atoms with van der Waals surface area (Å²) in [7, 11) is 1.95. The van der Waals surface area contributed by atoms with Gasteiger partial charge in [0.15, 0.2) is 11.4 Å². The van der Waals surface area contributed by atoms with Gasteiger partial charge in [-0.15, -0.1) is 0 Å². The van der Waals surface area contributed by atoms with Gasteiger partial charge in [0.2, 0.25) is 0 Å². The molecule has 3 saturated heterocycles. The lowest BCUT2D eigenvalue weighted by Crippen LogP contribution is -2.63. The number of para-hydroxylation sites is 1. The Morgan fingerprint density at radius 1 is 1.29 bits per heavy atom. The SMILES string of the molecule is CNC(c1cc2cccc(F)c2o1)C1CN2CCN1CC2. The van der Waals surface area contributed by atoms with Crippen molar-refractivity contribution in [1.82, 2.24) is 15.1 Å². The minimum absolute atomic E-state index is 0.0971. The van der Waals surface area contributed by atoms with E-state index >= 15 is 0 Å². The summed E-state index contributed by atoms with van der Waals surface area (Å²) in [4.78, 5) is 5.02. The van der Waals surface area contributed by atoms with Crippen LogP contribution >= 0.6 is 0 Å². The second kappa shape index (κ2) is 5.09. The topological polar surface area (TPSA) is 31.7 Å². The van der Waals surface area contributed by atoms with Crippen LogP contribution in [0.25, 0.3) is 11.0 Å². The highest BCUT2D eigenvalue weighted by Gasteiger charge is 2.38. The number of benzene rings is 1. The summed E-state index contributed by atoms with van der Waals surface area (Å²) in [5.74, 6) is 0.541. The molecule has 5 rings (SSSR count). The van der Waals surface area contributed by atoms with Crippen molar-refractivity contribution in [2.75, 3.05) is 39.8 Å². The maximum atomic E-state index is 13.8. The predicted octanol–water partition coefficient (Wildman–Crippen LogP) is 1.83. The quantitative estimate of drug-likeness (QED) is 0.934. The summed E-state index contributed by atoms with van der Waals surface area (Å²) in [5.41, 5.74) is 0.365. The normalized spacial score (nSPS) is 29.9. The summed E-state index contributed by atoms with van der Waals surface area (Å²) >= 11 is 0. The third kappa shape index (κ3) is 2.16. The molecule has 112 valence electrons. The van der Waals surface area contributed by atoms with Gasteiger partial charge in [0.1, 0.15) is 5.76 Å². The molecule has 0 amide bonds. The third-order valence-electron chi connectivity index (χ3n) is 4.84. The molecule has 2 atom stereocenters. The highest BCUT2D eigenvalue weighted by atomic mass is 19.1. The molecule has 21 heavy (non-hydrogen) atoms. The van der Waals surface area contributed by atoms with E-state index in [4.69, 9.17) is 4.42 Å². The first-order valence-corrected chi connectivity index (χ1v) is 7.58. The molecule has 2 bridgehead atoms. The Labute approximate surface area is 123 Å². The number of hydrogen-bond acceptors (Lipinski definition) is 4. The number of furan rings is 1. The molecule has 1 aromatic heterocycles. The van der Waals surface area contributed by atoms with Crippen molar-refractivity contribution in [2.24, 2.45) is 0 Å². The van der Waals surface area contributed by atoms with Gasteiger partial charge in [-0.2, -0.15) is 0 Å². The Bertz CT molecular complexity index is 648. The maximum absolute atomic E-state index is 13.8. The summed E-state index contributed by atoms with van der Waals surface area (Å²) in [5, 5.41) is 4.20. The fourth-order valence-corrected chi connectivity index (χ4v) is 3.70. The lowest BCUT2D eigenvalue weighted by molar-refractivity contribution is -0.00547.